The molecule has 0 saturated heterocycles. The average Bonchev–Trinajstić information content (AvgIpc) is 3.98. The Labute approximate surface area is 423 Å². The van der Waals surface area contributed by atoms with Crippen LogP contribution in [-0.2, 0) is 0 Å². The molecule has 0 amide bonds. The van der Waals surface area contributed by atoms with E-state index in [0.29, 0.717) is 22.3 Å². The molecule has 0 saturated carbocycles. The van der Waals surface area contributed by atoms with Crippen molar-refractivity contribution in [2.75, 3.05) is 0 Å². The lowest BCUT2D eigenvalue weighted by atomic mass is 9.86. The second-order valence-corrected chi connectivity index (χ2v) is 16.5. The third-order valence-corrected chi connectivity index (χ3v) is 12.3. The number of nitrogens with zero attached hydrogens (tertiary/aromatic N) is 8. The van der Waals surface area contributed by atoms with E-state index in [4.69, 9.17) is 0 Å². The highest BCUT2D eigenvalue weighted by Gasteiger charge is 2.48. The van der Waals surface area contributed by atoms with Crippen LogP contribution in [0.5, 0.6) is 0 Å². The van der Waals surface area contributed by atoms with Gasteiger partial charge >= 0.3 is 0 Å². The van der Waals surface area contributed by atoms with Crippen molar-refractivity contribution in [1.29, 1.82) is 21.0 Å². The molecule has 8 aromatic rings. The molecule has 0 radical (unpaired) electrons. The smallest absolute Gasteiger partial charge is 0.200 e. The number of allylic oxidation sites excluding steroid dienone is 10. The molecule has 0 fully saturated rings. The van der Waals surface area contributed by atoms with E-state index in [1.807, 2.05) is 12.1 Å². The third-order valence-electron chi connectivity index (χ3n) is 12.3. The highest BCUT2D eigenvalue weighted by atomic mass is 19.2. The zero-order valence-electron chi connectivity index (χ0n) is 38.1. The molecule has 0 N–H and O–H groups in total. The Balaban J connectivity index is 1.45. The molecule has 0 spiro atoms. The second-order valence-electron chi connectivity index (χ2n) is 16.5. The van der Waals surface area contributed by atoms with Gasteiger partial charge in [-0.25, -0.2) is 63.8 Å². The summed E-state index contributed by atoms with van der Waals surface area (Å²) in [6.45, 7) is 0. The van der Waals surface area contributed by atoms with E-state index >= 15 is 35.1 Å². The van der Waals surface area contributed by atoms with Gasteiger partial charge in [-0.15, -0.1) is 0 Å². The van der Waals surface area contributed by atoms with E-state index < -0.39 is 137 Å². The van der Waals surface area contributed by atoms with Gasteiger partial charge in [0.15, 0.2) is 58.2 Å². The Kier molecular flexibility index (Phi) is 12.6. The fourth-order valence-electron chi connectivity index (χ4n) is 8.94. The molecule has 10 rings (SSSR count). The lowest BCUT2D eigenvalue weighted by Gasteiger charge is -2.18. The van der Waals surface area contributed by atoms with Crippen molar-refractivity contribution < 1.29 is 43.9 Å². The van der Waals surface area contributed by atoms with Crippen LogP contribution in [0, 0.1) is 103 Å². The molecule has 2 aliphatic rings. The molecule has 2 aromatic heterocycles. The monoisotopic (exact) mass is 1020 g/mol. The minimum atomic E-state index is -2.63. The third kappa shape index (κ3) is 7.86. The summed E-state index contributed by atoms with van der Waals surface area (Å²) in [7, 11) is 0. The maximum absolute atomic E-state index is 16.4. The quantitative estimate of drug-likeness (QED) is 0.0633. The summed E-state index contributed by atoms with van der Waals surface area (Å²) in [5, 5.41) is 45.2. The van der Waals surface area contributed by atoms with Crippen molar-refractivity contribution in [3.63, 3.8) is 0 Å². The fourth-order valence-corrected chi connectivity index (χ4v) is 8.94. The van der Waals surface area contributed by atoms with Crippen LogP contribution in [0.3, 0.4) is 0 Å². The maximum atomic E-state index is 16.4. The number of hydrogen-bond donors (Lipinski definition) is 0. The summed E-state index contributed by atoms with van der Waals surface area (Å²) in [6, 6.07) is 41.9. The molecule has 0 unspecified atom stereocenters. The molecular formula is C58H22F10N8. The molecular weight excluding hydrogens is 999 g/mol. The summed E-state index contributed by atoms with van der Waals surface area (Å²) in [5.74, 6) is -27.0. The van der Waals surface area contributed by atoms with Crippen LogP contribution in [0.1, 0.15) is 22.8 Å². The van der Waals surface area contributed by atoms with Gasteiger partial charge in [-0.3, -0.25) is 0 Å². The largest absolute Gasteiger partial charge is 0.228 e. The SMILES string of the molecule is N#CC1=C(c2nc(-c3ccccc3)cc(-c3ccccc3)n2)/C(=C(\C#N)c2c(F)c(F)c(F)c(F)c2F)C2=C1/C(=C(/C#N)c1c(F)c(F)c(F)c(F)c1F)C(c1nc(-c3ccccc3)cc(-c3ccccc3)n1)=C2C#N. The predicted molar refractivity (Wildman–Crippen MR) is 255 cm³/mol. The standard InChI is InChI=1S/C58H22F10N8/c59-47-45(48(60)52(64)55(67)51(47)63)33(25-71)41-40-32(24-70)44(58-75-37(29-17-9-3-10-18-29)22-38(76-58)30-19-11-4-12-20-30)42(34(26-72)46-49(61)53(65)56(68)54(66)50(46)62)39(40)31(23-69)43(41)57-73-35(27-13-5-1-6-14-27)21-36(74-57)28-15-7-2-8-16-28/h1-22H/b41-33+,42-34+. The highest BCUT2D eigenvalue weighted by molar-refractivity contribution is 6.16. The van der Waals surface area contributed by atoms with E-state index in [0.717, 1.165) is 0 Å². The van der Waals surface area contributed by atoms with Gasteiger partial charge in [0, 0.05) is 55.7 Å². The van der Waals surface area contributed by atoms with E-state index in [-0.39, 0.29) is 22.8 Å². The molecule has 6 aromatic carbocycles. The van der Waals surface area contributed by atoms with Crippen LogP contribution in [0.25, 0.3) is 67.3 Å². The molecule has 76 heavy (non-hydrogen) atoms. The van der Waals surface area contributed by atoms with E-state index in [1.54, 1.807) is 121 Å². The Morgan fingerprint density at radius 3 is 0.776 bits per heavy atom. The molecule has 8 nitrogen and oxygen atoms in total. The minimum absolute atomic E-state index is 0.0570. The van der Waals surface area contributed by atoms with Gasteiger partial charge in [-0.1, -0.05) is 121 Å². The summed E-state index contributed by atoms with van der Waals surface area (Å²) in [4.78, 5) is 18.7. The Hall–Kier alpha value is -10.6. The van der Waals surface area contributed by atoms with Crippen molar-refractivity contribution in [3.05, 3.63) is 248 Å². The minimum Gasteiger partial charge on any atom is -0.228 e. The van der Waals surface area contributed by atoms with Crippen LogP contribution in [0.15, 0.2) is 167 Å². The maximum Gasteiger partial charge on any atom is 0.200 e. The first-order chi connectivity index (χ1) is 36.7. The number of rotatable bonds is 8. The summed E-state index contributed by atoms with van der Waals surface area (Å²) < 4.78 is 157. The van der Waals surface area contributed by atoms with Gasteiger partial charge < -0.3 is 0 Å². The first-order valence-electron chi connectivity index (χ1n) is 22.1. The number of aromatic nitrogens is 4. The zero-order valence-corrected chi connectivity index (χ0v) is 38.1. The number of benzene rings is 6. The lowest BCUT2D eigenvalue weighted by molar-refractivity contribution is 0.376. The fraction of sp³-hybridized carbons (Fsp3) is 0. The molecule has 0 aliphatic heterocycles. The Morgan fingerprint density at radius 1 is 0.316 bits per heavy atom. The first kappa shape index (κ1) is 49.0. The van der Waals surface area contributed by atoms with Crippen LogP contribution in [0.2, 0.25) is 0 Å². The van der Waals surface area contributed by atoms with Crippen LogP contribution in [0.4, 0.5) is 43.9 Å². The van der Waals surface area contributed by atoms with Crippen molar-refractivity contribution >= 4 is 22.3 Å². The summed E-state index contributed by atoms with van der Waals surface area (Å²) in [5.41, 5.74) is -12.1. The molecule has 0 bridgehead atoms. The van der Waals surface area contributed by atoms with Gasteiger partial charge in [0.1, 0.15) is 24.3 Å². The highest BCUT2D eigenvalue weighted by Crippen LogP contribution is 2.59. The number of halogens is 10. The average molecular weight is 1020 g/mol. The van der Waals surface area contributed by atoms with Crippen molar-refractivity contribution in [2.24, 2.45) is 0 Å². The molecule has 364 valence electrons. The van der Waals surface area contributed by atoms with Gasteiger partial charge in [-0.2, -0.15) is 21.0 Å². The topological polar surface area (TPSA) is 147 Å². The lowest BCUT2D eigenvalue weighted by Crippen LogP contribution is -2.11. The number of hydrogen-bond acceptors (Lipinski definition) is 8. The summed E-state index contributed by atoms with van der Waals surface area (Å²) >= 11 is 0. The van der Waals surface area contributed by atoms with Gasteiger partial charge in [0.05, 0.1) is 56.2 Å². The second kappa shape index (κ2) is 19.5. The predicted octanol–water partition coefficient (Wildman–Crippen LogP) is 13.9. The number of nitriles is 4. The van der Waals surface area contributed by atoms with Gasteiger partial charge in [0.25, 0.3) is 0 Å². The summed E-state index contributed by atoms with van der Waals surface area (Å²) in [6.07, 6.45) is 0. The molecule has 18 heteroatoms. The van der Waals surface area contributed by atoms with Gasteiger partial charge in [-0.05, 0) is 12.1 Å². The zero-order chi connectivity index (χ0) is 53.7. The van der Waals surface area contributed by atoms with Crippen LogP contribution < -0.4 is 0 Å². The molecule has 2 aliphatic carbocycles. The van der Waals surface area contributed by atoms with Gasteiger partial charge in [0.2, 0.25) is 11.6 Å². The molecule has 2 heterocycles. The Bertz CT molecular complexity index is 3740. The van der Waals surface area contributed by atoms with E-state index in [9.17, 15) is 29.8 Å². The van der Waals surface area contributed by atoms with Crippen LogP contribution in [-0.4, -0.2) is 19.9 Å². The Morgan fingerprint density at radius 2 is 0.553 bits per heavy atom. The molecule has 0 atom stereocenters. The van der Waals surface area contributed by atoms with Crippen molar-refractivity contribution in [2.45, 2.75) is 0 Å². The normalized spacial score (nSPS) is 14.3. The van der Waals surface area contributed by atoms with E-state index in [1.165, 1.54) is 24.3 Å². The van der Waals surface area contributed by atoms with E-state index in [2.05, 4.69) is 19.9 Å². The van der Waals surface area contributed by atoms with Crippen molar-refractivity contribution in [3.8, 4) is 69.3 Å². The van der Waals surface area contributed by atoms with Crippen LogP contribution >= 0.6 is 0 Å². The first-order valence-corrected chi connectivity index (χ1v) is 22.1. The van der Waals surface area contributed by atoms with Crippen molar-refractivity contribution in [1.82, 2.24) is 19.9 Å².